The minimum Gasteiger partial charge on any atom is -0.381 e. The van der Waals surface area contributed by atoms with Crippen LogP contribution in [0.15, 0.2) is 4.99 Å². The van der Waals surface area contributed by atoms with Gasteiger partial charge in [-0.05, 0) is 32.2 Å². The maximum atomic E-state index is 5.60. The molecule has 0 radical (unpaired) electrons. The van der Waals surface area contributed by atoms with Gasteiger partial charge in [-0.1, -0.05) is 27.2 Å². The van der Waals surface area contributed by atoms with Crippen LogP contribution in [0.3, 0.4) is 0 Å². The summed E-state index contributed by atoms with van der Waals surface area (Å²) in [6.07, 6.45) is 3.37. The molecule has 1 saturated heterocycles. The molecule has 0 bridgehead atoms. The van der Waals surface area contributed by atoms with Gasteiger partial charge >= 0.3 is 0 Å². The zero-order valence-corrected chi connectivity index (χ0v) is 17.7. The summed E-state index contributed by atoms with van der Waals surface area (Å²) in [5, 5.41) is 6.77. The van der Waals surface area contributed by atoms with Crippen LogP contribution < -0.4 is 10.6 Å². The summed E-state index contributed by atoms with van der Waals surface area (Å²) < 4.78 is 5.60. The van der Waals surface area contributed by atoms with E-state index in [1.807, 2.05) is 0 Å². The summed E-state index contributed by atoms with van der Waals surface area (Å²) in [6.45, 7) is 20.4. The number of nitrogens with zero attached hydrogens (tertiary/aromatic N) is 3. The lowest BCUT2D eigenvalue weighted by Crippen LogP contribution is -2.47. The van der Waals surface area contributed by atoms with E-state index >= 15 is 0 Å². The fourth-order valence-corrected chi connectivity index (χ4v) is 3.10. The van der Waals surface area contributed by atoms with Crippen molar-refractivity contribution in [2.75, 3.05) is 72.1 Å². The van der Waals surface area contributed by atoms with E-state index in [1.165, 1.54) is 39.1 Å². The molecule has 1 heterocycles. The lowest BCUT2D eigenvalue weighted by atomic mass is 10.1. The van der Waals surface area contributed by atoms with Crippen LogP contribution in [0, 0.1) is 5.92 Å². The molecular weight excluding hydrogens is 326 g/mol. The Balaban J connectivity index is 2.20. The van der Waals surface area contributed by atoms with E-state index in [9.17, 15) is 0 Å². The molecule has 2 N–H and O–H groups in total. The van der Waals surface area contributed by atoms with Crippen molar-refractivity contribution in [3.05, 3.63) is 0 Å². The first-order valence-corrected chi connectivity index (χ1v) is 10.7. The van der Waals surface area contributed by atoms with Crippen molar-refractivity contribution in [1.29, 1.82) is 0 Å². The van der Waals surface area contributed by atoms with Gasteiger partial charge in [0, 0.05) is 65.6 Å². The van der Waals surface area contributed by atoms with Gasteiger partial charge in [-0.25, -0.2) is 0 Å². The van der Waals surface area contributed by atoms with Gasteiger partial charge in [0.15, 0.2) is 5.96 Å². The molecule has 1 aliphatic rings. The maximum Gasteiger partial charge on any atom is 0.191 e. The van der Waals surface area contributed by atoms with Crippen molar-refractivity contribution in [2.24, 2.45) is 10.9 Å². The summed E-state index contributed by atoms with van der Waals surface area (Å²) >= 11 is 0. The highest BCUT2D eigenvalue weighted by atomic mass is 16.5. The van der Waals surface area contributed by atoms with Gasteiger partial charge in [-0.3, -0.25) is 4.99 Å². The Bertz CT molecular complexity index is 356. The topological polar surface area (TPSA) is 52.1 Å². The first-order chi connectivity index (χ1) is 12.7. The molecule has 0 aromatic heterocycles. The highest BCUT2D eigenvalue weighted by Crippen LogP contribution is 2.06. The van der Waals surface area contributed by atoms with Crippen LogP contribution in [-0.2, 0) is 4.74 Å². The quantitative estimate of drug-likeness (QED) is 0.296. The van der Waals surface area contributed by atoms with Crippen LogP contribution in [0.1, 0.15) is 47.0 Å². The molecule has 26 heavy (non-hydrogen) atoms. The molecule has 0 aromatic carbocycles. The molecule has 154 valence electrons. The number of nitrogens with one attached hydrogen (secondary N) is 2. The predicted molar refractivity (Wildman–Crippen MR) is 112 cm³/mol. The molecule has 0 aromatic rings. The van der Waals surface area contributed by atoms with Crippen molar-refractivity contribution in [2.45, 2.75) is 47.0 Å². The van der Waals surface area contributed by atoms with Crippen molar-refractivity contribution in [1.82, 2.24) is 20.4 Å². The number of ether oxygens (including phenoxy) is 1. The number of hydrogen-bond donors (Lipinski definition) is 2. The number of unbranched alkanes of at least 4 members (excludes halogenated alkanes) is 1. The first-order valence-electron chi connectivity index (χ1n) is 10.7. The van der Waals surface area contributed by atoms with E-state index in [0.29, 0.717) is 5.92 Å². The van der Waals surface area contributed by atoms with E-state index in [0.717, 1.165) is 58.2 Å². The monoisotopic (exact) mass is 369 g/mol. The Morgan fingerprint density at radius 1 is 1.00 bits per heavy atom. The van der Waals surface area contributed by atoms with Crippen LogP contribution in [0.4, 0.5) is 0 Å². The third-order valence-electron chi connectivity index (χ3n) is 4.79. The van der Waals surface area contributed by atoms with E-state index in [4.69, 9.17) is 9.73 Å². The molecule has 6 nitrogen and oxygen atoms in total. The standard InChI is InChI=1S/C20H43N5O/c1-5-8-15-26-16-9-10-22-20(21-6-2)23-17-19(4)18-25-13-11-24(7-3)12-14-25/h19H,5-18H2,1-4H3,(H2,21,22,23). The van der Waals surface area contributed by atoms with Gasteiger partial charge in [-0.15, -0.1) is 0 Å². The third kappa shape index (κ3) is 11.0. The second kappa shape index (κ2) is 15.2. The number of guanidine groups is 1. The summed E-state index contributed by atoms with van der Waals surface area (Å²) in [5.41, 5.74) is 0. The van der Waals surface area contributed by atoms with Gasteiger partial charge in [0.1, 0.15) is 0 Å². The van der Waals surface area contributed by atoms with Gasteiger partial charge < -0.3 is 25.2 Å². The Hall–Kier alpha value is -0.850. The van der Waals surface area contributed by atoms with Crippen molar-refractivity contribution in [3.8, 4) is 0 Å². The molecule has 1 fully saturated rings. The fourth-order valence-electron chi connectivity index (χ4n) is 3.10. The molecule has 1 rings (SSSR count). The van der Waals surface area contributed by atoms with Crippen LogP contribution in [0.25, 0.3) is 0 Å². The highest BCUT2D eigenvalue weighted by molar-refractivity contribution is 5.79. The highest BCUT2D eigenvalue weighted by Gasteiger charge is 2.17. The van der Waals surface area contributed by atoms with E-state index in [1.54, 1.807) is 0 Å². The van der Waals surface area contributed by atoms with Crippen LogP contribution in [0.5, 0.6) is 0 Å². The van der Waals surface area contributed by atoms with Gasteiger partial charge in [0.05, 0.1) is 0 Å². The zero-order chi connectivity index (χ0) is 19.0. The molecule has 0 saturated carbocycles. The molecule has 0 aliphatic carbocycles. The lowest BCUT2D eigenvalue weighted by Gasteiger charge is -2.35. The molecule has 1 atom stereocenters. The average molecular weight is 370 g/mol. The van der Waals surface area contributed by atoms with Crippen LogP contribution in [0.2, 0.25) is 0 Å². The third-order valence-corrected chi connectivity index (χ3v) is 4.79. The summed E-state index contributed by atoms with van der Waals surface area (Å²) in [4.78, 5) is 9.88. The number of rotatable bonds is 13. The first kappa shape index (κ1) is 23.2. The maximum absolute atomic E-state index is 5.60. The van der Waals surface area contributed by atoms with Gasteiger partial charge in [0.25, 0.3) is 0 Å². The summed E-state index contributed by atoms with van der Waals surface area (Å²) in [7, 11) is 0. The average Bonchev–Trinajstić information content (AvgIpc) is 2.66. The Morgan fingerprint density at radius 3 is 2.35 bits per heavy atom. The van der Waals surface area contributed by atoms with Gasteiger partial charge in [-0.2, -0.15) is 0 Å². The SMILES string of the molecule is CCCCOCCCNC(=NCC(C)CN1CCN(CC)CC1)NCC. The largest absolute Gasteiger partial charge is 0.381 e. The van der Waals surface area contributed by atoms with E-state index in [-0.39, 0.29) is 0 Å². The lowest BCUT2D eigenvalue weighted by molar-refractivity contribution is 0.125. The summed E-state index contributed by atoms with van der Waals surface area (Å²) in [5.74, 6) is 1.51. The number of aliphatic imine (C=N–C) groups is 1. The predicted octanol–water partition coefficient (Wildman–Crippen LogP) is 2.02. The second-order valence-electron chi connectivity index (χ2n) is 7.31. The normalized spacial score (nSPS) is 18.1. The molecule has 0 amide bonds. The Kier molecular flexibility index (Phi) is 13.6. The molecule has 6 heteroatoms. The summed E-state index contributed by atoms with van der Waals surface area (Å²) in [6, 6.07) is 0. The number of piperazine rings is 1. The van der Waals surface area contributed by atoms with Gasteiger partial charge in [0.2, 0.25) is 0 Å². The van der Waals surface area contributed by atoms with E-state index < -0.39 is 0 Å². The van der Waals surface area contributed by atoms with Crippen molar-refractivity contribution < 1.29 is 4.74 Å². The zero-order valence-electron chi connectivity index (χ0n) is 17.7. The molecule has 1 aliphatic heterocycles. The van der Waals surface area contributed by atoms with Crippen LogP contribution in [-0.4, -0.2) is 87.9 Å². The second-order valence-corrected chi connectivity index (χ2v) is 7.31. The Morgan fingerprint density at radius 2 is 1.69 bits per heavy atom. The number of likely N-dealkylation sites (N-methyl/N-ethyl adjacent to an activating group) is 1. The minimum absolute atomic E-state index is 0.580. The van der Waals surface area contributed by atoms with Crippen molar-refractivity contribution in [3.63, 3.8) is 0 Å². The minimum atomic E-state index is 0.580. The number of hydrogen-bond acceptors (Lipinski definition) is 4. The smallest absolute Gasteiger partial charge is 0.191 e. The van der Waals surface area contributed by atoms with E-state index in [2.05, 4.69) is 48.1 Å². The van der Waals surface area contributed by atoms with Crippen LogP contribution >= 0.6 is 0 Å². The fraction of sp³-hybridized carbons (Fsp3) is 0.950. The molecule has 1 unspecified atom stereocenters. The molecular formula is C20H43N5O. The van der Waals surface area contributed by atoms with Crippen molar-refractivity contribution >= 4 is 5.96 Å². The molecule has 0 spiro atoms. The Labute approximate surface area is 161 Å².